The van der Waals surface area contributed by atoms with E-state index >= 15 is 0 Å². The van der Waals surface area contributed by atoms with Gasteiger partial charge in [-0.2, -0.15) is 0 Å². The minimum absolute atomic E-state index is 0.0837. The number of halogens is 1. The molecule has 4 aliphatic rings. The Morgan fingerprint density at radius 1 is 1.03 bits per heavy atom. The minimum Gasteiger partial charge on any atom is -0.359 e. The number of rotatable bonds is 6. The third kappa shape index (κ3) is 4.66. The molecule has 6 rings (SSSR count). The number of aryl methyl sites for hydroxylation is 2. The minimum atomic E-state index is -1.18. The van der Waals surface area contributed by atoms with Crippen molar-refractivity contribution < 1.29 is 19.1 Å². The van der Waals surface area contributed by atoms with Gasteiger partial charge in [-0.3, -0.25) is 14.4 Å². The van der Waals surface area contributed by atoms with Gasteiger partial charge >= 0.3 is 0 Å². The van der Waals surface area contributed by atoms with Crippen LogP contribution in [0.3, 0.4) is 0 Å². The van der Waals surface area contributed by atoms with Crippen molar-refractivity contribution in [2.75, 3.05) is 5.32 Å². The molecule has 8 heteroatoms. The Hall–Kier alpha value is -3.16. The fourth-order valence-corrected chi connectivity index (χ4v) is 7.15. The van der Waals surface area contributed by atoms with Crippen LogP contribution in [0.25, 0.3) is 0 Å². The van der Waals surface area contributed by atoms with Crippen LogP contribution in [-0.4, -0.2) is 46.4 Å². The summed E-state index contributed by atoms with van der Waals surface area (Å²) in [4.78, 5) is 43.4. The Bertz CT molecular complexity index is 1320. The third-order valence-corrected chi connectivity index (χ3v) is 8.88. The van der Waals surface area contributed by atoms with Crippen LogP contribution in [0.5, 0.6) is 0 Å². The number of benzene rings is 2. The summed E-state index contributed by atoms with van der Waals surface area (Å²) in [6.07, 6.45) is 8.34. The maximum absolute atomic E-state index is 14.2. The number of carbonyl (C=O) groups is 3. The van der Waals surface area contributed by atoms with Crippen molar-refractivity contribution in [2.24, 2.45) is 11.8 Å². The topological polar surface area (TPSA) is 87.7 Å². The quantitative estimate of drug-likeness (QED) is 0.513. The van der Waals surface area contributed by atoms with E-state index in [0.29, 0.717) is 10.7 Å². The number of carbonyl (C=O) groups excluding carboxylic acids is 3. The van der Waals surface area contributed by atoms with Crippen molar-refractivity contribution >= 4 is 35.0 Å². The molecular weight excluding hydrogens is 514 g/mol. The molecule has 3 aliphatic heterocycles. The summed E-state index contributed by atoms with van der Waals surface area (Å²) in [6, 6.07) is 12.3. The molecule has 2 aromatic carbocycles. The fraction of sp³-hybridized carbons (Fsp3) is 0.452. The van der Waals surface area contributed by atoms with Crippen LogP contribution in [0.2, 0.25) is 5.02 Å². The summed E-state index contributed by atoms with van der Waals surface area (Å²) < 4.78 is 6.47. The van der Waals surface area contributed by atoms with Crippen molar-refractivity contribution in [1.82, 2.24) is 10.2 Å². The lowest BCUT2D eigenvalue weighted by atomic mass is 9.74. The molecule has 204 valence electrons. The second-order valence-electron chi connectivity index (χ2n) is 11.5. The fourth-order valence-electron chi connectivity index (χ4n) is 7.02. The summed E-state index contributed by atoms with van der Waals surface area (Å²) >= 11 is 6.09. The monoisotopic (exact) mass is 547 g/mol. The maximum atomic E-state index is 14.2. The highest BCUT2D eigenvalue weighted by Crippen LogP contribution is 2.55. The van der Waals surface area contributed by atoms with E-state index in [2.05, 4.69) is 10.6 Å². The van der Waals surface area contributed by atoms with E-state index in [9.17, 15) is 14.4 Å². The van der Waals surface area contributed by atoms with Crippen LogP contribution in [-0.2, 0) is 25.7 Å². The molecule has 2 N–H and O–H groups in total. The van der Waals surface area contributed by atoms with Crippen LogP contribution in [0.1, 0.15) is 48.8 Å². The molecular formula is C31H34ClN3O4. The lowest BCUT2D eigenvalue weighted by Crippen LogP contribution is -2.56. The number of hydrogen-bond acceptors (Lipinski definition) is 4. The van der Waals surface area contributed by atoms with Crippen LogP contribution < -0.4 is 10.6 Å². The van der Waals surface area contributed by atoms with Gasteiger partial charge in [0, 0.05) is 23.3 Å². The average Bonchev–Trinajstić information content (AvgIpc) is 3.53. The molecule has 3 amide bonds. The standard InChI is InChI=1S/C31H34ClN3O4/c1-18-14-19(2)16-23(15-18)34-28(36)25-24-12-13-31(39-24)26(25)30(38)35(17-20-8-10-21(32)11-9-20)27(31)29(37)33-22-6-4-3-5-7-22/h8-16,22,24-27H,3-7,17H2,1-2H3,(H,33,37)(H,34,36)/t24-,25+,26-,27+,31-/m0/s1. The van der Waals surface area contributed by atoms with Gasteiger partial charge in [-0.05, 0) is 67.6 Å². The van der Waals surface area contributed by atoms with Crippen molar-refractivity contribution in [1.29, 1.82) is 0 Å². The Kier molecular flexibility index (Phi) is 6.76. The maximum Gasteiger partial charge on any atom is 0.246 e. The highest BCUT2D eigenvalue weighted by atomic mass is 35.5. The van der Waals surface area contributed by atoms with Crippen molar-refractivity contribution in [3.63, 3.8) is 0 Å². The number of likely N-dealkylation sites (tertiary alicyclic amines) is 1. The van der Waals surface area contributed by atoms with Gasteiger partial charge in [0.2, 0.25) is 17.7 Å². The first-order chi connectivity index (χ1) is 18.7. The van der Waals surface area contributed by atoms with E-state index in [1.54, 1.807) is 17.0 Å². The van der Waals surface area contributed by atoms with E-state index in [-0.39, 0.29) is 30.3 Å². The van der Waals surface area contributed by atoms with Gasteiger partial charge in [0.25, 0.3) is 0 Å². The van der Waals surface area contributed by atoms with Crippen LogP contribution in [0.4, 0.5) is 5.69 Å². The van der Waals surface area contributed by atoms with E-state index in [0.717, 1.165) is 42.4 Å². The second kappa shape index (κ2) is 10.1. The van der Waals surface area contributed by atoms with Crippen LogP contribution in [0.15, 0.2) is 54.6 Å². The molecule has 1 saturated carbocycles. The Morgan fingerprint density at radius 3 is 2.41 bits per heavy atom. The van der Waals surface area contributed by atoms with Gasteiger partial charge < -0.3 is 20.3 Å². The van der Waals surface area contributed by atoms with Gasteiger partial charge in [-0.15, -0.1) is 0 Å². The molecule has 2 aromatic rings. The molecule has 2 bridgehead atoms. The molecule has 0 radical (unpaired) electrons. The number of fused-ring (bicyclic) bond motifs is 1. The van der Waals surface area contributed by atoms with E-state index in [1.807, 2.05) is 56.3 Å². The Labute approximate surface area is 233 Å². The number of nitrogens with one attached hydrogen (secondary N) is 2. The zero-order valence-corrected chi connectivity index (χ0v) is 23.0. The van der Waals surface area contributed by atoms with E-state index in [4.69, 9.17) is 16.3 Å². The largest absolute Gasteiger partial charge is 0.359 e. The first-order valence-electron chi connectivity index (χ1n) is 13.9. The van der Waals surface area contributed by atoms with Gasteiger partial charge in [0.1, 0.15) is 11.6 Å². The Morgan fingerprint density at radius 2 is 1.72 bits per heavy atom. The summed E-state index contributed by atoms with van der Waals surface area (Å²) in [5.74, 6) is -2.24. The number of nitrogens with zero attached hydrogens (tertiary/aromatic N) is 1. The number of ether oxygens (including phenoxy) is 1. The predicted octanol–water partition coefficient (Wildman–Crippen LogP) is 4.70. The molecule has 0 aromatic heterocycles. The number of amides is 3. The lowest BCUT2D eigenvalue weighted by Gasteiger charge is -2.34. The van der Waals surface area contributed by atoms with Crippen LogP contribution in [0, 0.1) is 25.7 Å². The summed E-state index contributed by atoms with van der Waals surface area (Å²) in [5.41, 5.74) is 2.44. The lowest BCUT2D eigenvalue weighted by molar-refractivity contribution is -0.142. The molecule has 3 fully saturated rings. The van der Waals surface area contributed by atoms with E-state index in [1.165, 1.54) is 6.42 Å². The predicted molar refractivity (Wildman–Crippen MR) is 149 cm³/mol. The molecule has 3 heterocycles. The van der Waals surface area contributed by atoms with Crippen molar-refractivity contribution in [3.8, 4) is 0 Å². The van der Waals surface area contributed by atoms with Gasteiger partial charge in [-0.25, -0.2) is 0 Å². The van der Waals surface area contributed by atoms with Gasteiger partial charge in [0.05, 0.1) is 17.9 Å². The van der Waals surface area contributed by atoms with Crippen LogP contribution >= 0.6 is 11.6 Å². The van der Waals surface area contributed by atoms with Gasteiger partial charge in [0.15, 0.2) is 0 Å². The second-order valence-corrected chi connectivity index (χ2v) is 11.9. The highest BCUT2D eigenvalue weighted by molar-refractivity contribution is 6.30. The normalized spacial score (nSPS) is 29.5. The van der Waals surface area contributed by atoms with Crippen molar-refractivity contribution in [3.05, 3.63) is 76.3 Å². The zero-order valence-electron chi connectivity index (χ0n) is 22.3. The van der Waals surface area contributed by atoms with E-state index < -0.39 is 29.6 Å². The molecule has 2 saturated heterocycles. The third-order valence-electron chi connectivity index (χ3n) is 8.63. The number of hydrogen-bond donors (Lipinski definition) is 2. The summed E-state index contributed by atoms with van der Waals surface area (Å²) in [5, 5.41) is 6.85. The summed E-state index contributed by atoms with van der Waals surface area (Å²) in [6.45, 7) is 4.18. The van der Waals surface area contributed by atoms with Gasteiger partial charge in [-0.1, -0.05) is 61.2 Å². The SMILES string of the molecule is Cc1cc(C)cc(NC(=O)[C@@H]2[C@@H]3C=C[C@]4(O3)[C@@H]2C(=O)N(Cc2ccc(Cl)cc2)[C@@H]4C(=O)NC2CCCCC2)c1. The first kappa shape index (κ1) is 26.1. The summed E-state index contributed by atoms with van der Waals surface area (Å²) in [7, 11) is 0. The highest BCUT2D eigenvalue weighted by Gasteiger charge is 2.72. The molecule has 0 unspecified atom stereocenters. The average molecular weight is 548 g/mol. The Balaban J connectivity index is 1.32. The first-order valence-corrected chi connectivity index (χ1v) is 14.2. The zero-order chi connectivity index (χ0) is 27.3. The molecule has 39 heavy (non-hydrogen) atoms. The smallest absolute Gasteiger partial charge is 0.246 e. The molecule has 7 nitrogen and oxygen atoms in total. The number of anilines is 1. The molecule has 5 atom stereocenters. The molecule has 1 spiro atoms. The van der Waals surface area contributed by atoms with Crippen molar-refractivity contribution in [2.45, 2.75) is 76.3 Å². The molecule has 1 aliphatic carbocycles.